The van der Waals surface area contributed by atoms with Crippen molar-refractivity contribution in [3.8, 4) is 5.75 Å². The van der Waals surface area contributed by atoms with E-state index in [4.69, 9.17) is 4.74 Å². The molecule has 31 heavy (non-hydrogen) atoms. The monoisotopic (exact) mass is 422 g/mol. The quantitative estimate of drug-likeness (QED) is 0.679. The maximum absolute atomic E-state index is 13.1. The van der Waals surface area contributed by atoms with Crippen molar-refractivity contribution in [2.45, 2.75) is 71.5 Å². The van der Waals surface area contributed by atoms with Crippen LogP contribution in [-0.4, -0.2) is 35.4 Å². The fourth-order valence-electron chi connectivity index (χ4n) is 3.96. The van der Waals surface area contributed by atoms with E-state index in [1.807, 2.05) is 62.4 Å². The van der Waals surface area contributed by atoms with E-state index in [9.17, 15) is 9.59 Å². The van der Waals surface area contributed by atoms with Crippen molar-refractivity contribution in [1.29, 1.82) is 0 Å². The number of nitrogens with zero attached hydrogens (tertiary/aromatic N) is 1. The first kappa shape index (κ1) is 22.9. The molecular formula is C26H34N2O3. The standard InChI is InChI=1S/C26H34N2O3/c1-19-14-15-24(16-20(19)2)31-18-25(29)28(17-22-10-6-4-7-11-22)21(3)26(30)27-23-12-8-5-9-13-23/h4,6-7,10-11,14-16,21,23H,5,8-9,12-13,17-18H2,1-3H3,(H,27,30)/t21-/m0/s1. The van der Waals surface area contributed by atoms with Gasteiger partial charge in [0.2, 0.25) is 5.91 Å². The van der Waals surface area contributed by atoms with Gasteiger partial charge in [0.15, 0.2) is 6.61 Å². The molecule has 5 heteroatoms. The van der Waals surface area contributed by atoms with Crippen LogP contribution < -0.4 is 10.1 Å². The fourth-order valence-corrected chi connectivity index (χ4v) is 3.96. The molecule has 3 rings (SSSR count). The first-order valence-corrected chi connectivity index (χ1v) is 11.3. The summed E-state index contributed by atoms with van der Waals surface area (Å²) in [6, 6.07) is 15.2. The molecule has 1 N–H and O–H groups in total. The van der Waals surface area contributed by atoms with Gasteiger partial charge in [-0.15, -0.1) is 0 Å². The summed E-state index contributed by atoms with van der Waals surface area (Å²) in [6.45, 7) is 6.13. The van der Waals surface area contributed by atoms with Gasteiger partial charge < -0.3 is 15.0 Å². The van der Waals surface area contributed by atoms with Gasteiger partial charge in [-0.25, -0.2) is 0 Å². The molecule has 1 fully saturated rings. The Bertz CT molecular complexity index is 875. The van der Waals surface area contributed by atoms with Crippen LogP contribution in [0.1, 0.15) is 55.7 Å². The zero-order chi connectivity index (χ0) is 22.2. The number of benzene rings is 2. The van der Waals surface area contributed by atoms with Crippen LogP contribution in [0.5, 0.6) is 5.75 Å². The number of carbonyl (C=O) groups is 2. The number of ether oxygens (including phenoxy) is 1. The molecule has 0 bridgehead atoms. The van der Waals surface area contributed by atoms with Crippen LogP contribution in [-0.2, 0) is 16.1 Å². The van der Waals surface area contributed by atoms with Crippen molar-refractivity contribution < 1.29 is 14.3 Å². The average molecular weight is 423 g/mol. The minimum atomic E-state index is -0.571. The van der Waals surface area contributed by atoms with Crippen LogP contribution in [0.15, 0.2) is 48.5 Å². The second-order valence-electron chi connectivity index (χ2n) is 8.56. The van der Waals surface area contributed by atoms with Crippen molar-refractivity contribution in [1.82, 2.24) is 10.2 Å². The molecule has 0 aromatic heterocycles. The predicted molar refractivity (Wildman–Crippen MR) is 123 cm³/mol. The van der Waals surface area contributed by atoms with Gasteiger partial charge in [-0.3, -0.25) is 9.59 Å². The zero-order valence-corrected chi connectivity index (χ0v) is 18.9. The van der Waals surface area contributed by atoms with Gasteiger partial charge >= 0.3 is 0 Å². The summed E-state index contributed by atoms with van der Waals surface area (Å²) < 4.78 is 5.78. The Morgan fingerprint density at radius 3 is 2.42 bits per heavy atom. The Hall–Kier alpha value is -2.82. The molecule has 0 saturated heterocycles. The average Bonchev–Trinajstić information content (AvgIpc) is 2.79. The second-order valence-corrected chi connectivity index (χ2v) is 8.56. The Morgan fingerprint density at radius 2 is 1.74 bits per heavy atom. The van der Waals surface area contributed by atoms with Gasteiger partial charge in [0.05, 0.1) is 0 Å². The van der Waals surface area contributed by atoms with Crippen LogP contribution in [0.3, 0.4) is 0 Å². The third-order valence-corrected chi connectivity index (χ3v) is 6.16. The highest BCUT2D eigenvalue weighted by Crippen LogP contribution is 2.19. The van der Waals surface area contributed by atoms with Crippen molar-refractivity contribution >= 4 is 11.8 Å². The molecule has 2 aromatic rings. The molecule has 5 nitrogen and oxygen atoms in total. The first-order valence-electron chi connectivity index (χ1n) is 11.3. The number of amides is 2. The van der Waals surface area contributed by atoms with Crippen LogP contribution in [0.25, 0.3) is 0 Å². The lowest BCUT2D eigenvalue weighted by Crippen LogP contribution is -2.51. The van der Waals surface area contributed by atoms with E-state index in [0.29, 0.717) is 12.3 Å². The normalized spacial score (nSPS) is 15.2. The topological polar surface area (TPSA) is 58.6 Å². The Kier molecular flexibility index (Phi) is 8.10. The van der Waals surface area contributed by atoms with Crippen LogP contribution in [0, 0.1) is 13.8 Å². The molecule has 0 aliphatic heterocycles. The van der Waals surface area contributed by atoms with E-state index in [1.165, 1.54) is 12.0 Å². The van der Waals surface area contributed by atoms with Crippen molar-refractivity contribution in [2.24, 2.45) is 0 Å². The number of rotatable bonds is 8. The second kappa shape index (κ2) is 11.0. The summed E-state index contributed by atoms with van der Waals surface area (Å²) in [6.07, 6.45) is 5.56. The third-order valence-electron chi connectivity index (χ3n) is 6.16. The number of hydrogen-bond acceptors (Lipinski definition) is 3. The Labute approximate surface area is 185 Å². The molecule has 1 aliphatic rings. The molecule has 0 heterocycles. The van der Waals surface area contributed by atoms with Gasteiger partial charge in [-0.2, -0.15) is 0 Å². The summed E-state index contributed by atoms with van der Waals surface area (Å²) in [5.41, 5.74) is 3.28. The number of hydrogen-bond donors (Lipinski definition) is 1. The molecule has 0 unspecified atom stereocenters. The molecule has 0 radical (unpaired) electrons. The molecule has 1 saturated carbocycles. The van der Waals surface area contributed by atoms with E-state index in [-0.39, 0.29) is 24.5 Å². The lowest BCUT2D eigenvalue weighted by molar-refractivity contribution is -0.142. The first-order chi connectivity index (χ1) is 14.9. The molecule has 166 valence electrons. The van der Waals surface area contributed by atoms with Crippen LogP contribution >= 0.6 is 0 Å². The maximum Gasteiger partial charge on any atom is 0.261 e. The predicted octanol–water partition coefficient (Wildman–Crippen LogP) is 4.55. The smallest absolute Gasteiger partial charge is 0.261 e. The van der Waals surface area contributed by atoms with Gasteiger partial charge in [-0.05, 0) is 62.4 Å². The van der Waals surface area contributed by atoms with Crippen LogP contribution in [0.2, 0.25) is 0 Å². The van der Waals surface area contributed by atoms with Gasteiger partial charge in [0.1, 0.15) is 11.8 Å². The van der Waals surface area contributed by atoms with Crippen molar-refractivity contribution in [3.63, 3.8) is 0 Å². The molecule has 2 aromatic carbocycles. The SMILES string of the molecule is Cc1ccc(OCC(=O)N(Cc2ccccc2)[C@@H](C)C(=O)NC2CCCCC2)cc1C. The summed E-state index contributed by atoms with van der Waals surface area (Å²) >= 11 is 0. The van der Waals surface area contributed by atoms with Gasteiger partial charge in [0.25, 0.3) is 5.91 Å². The van der Waals surface area contributed by atoms with E-state index in [0.717, 1.165) is 36.8 Å². The summed E-state index contributed by atoms with van der Waals surface area (Å²) in [4.78, 5) is 27.7. The van der Waals surface area contributed by atoms with Crippen LogP contribution in [0.4, 0.5) is 0 Å². The Balaban J connectivity index is 1.68. The summed E-state index contributed by atoms with van der Waals surface area (Å²) in [5.74, 6) is 0.367. The fraction of sp³-hybridized carbons (Fsp3) is 0.462. The highest BCUT2D eigenvalue weighted by atomic mass is 16.5. The molecular weight excluding hydrogens is 388 g/mol. The summed E-state index contributed by atoms with van der Waals surface area (Å²) in [5, 5.41) is 3.15. The van der Waals surface area contributed by atoms with E-state index in [2.05, 4.69) is 5.32 Å². The third kappa shape index (κ3) is 6.58. The minimum absolute atomic E-state index is 0.0950. The van der Waals surface area contributed by atoms with Crippen molar-refractivity contribution in [2.75, 3.05) is 6.61 Å². The number of nitrogens with one attached hydrogen (secondary N) is 1. The molecule has 2 amide bonds. The lowest BCUT2D eigenvalue weighted by atomic mass is 9.95. The zero-order valence-electron chi connectivity index (χ0n) is 18.9. The van der Waals surface area contributed by atoms with Gasteiger partial charge in [-0.1, -0.05) is 55.7 Å². The lowest BCUT2D eigenvalue weighted by Gasteiger charge is -2.31. The number of aryl methyl sites for hydroxylation is 2. The van der Waals surface area contributed by atoms with E-state index >= 15 is 0 Å². The van der Waals surface area contributed by atoms with Gasteiger partial charge in [0, 0.05) is 12.6 Å². The van der Waals surface area contributed by atoms with E-state index < -0.39 is 6.04 Å². The number of carbonyl (C=O) groups excluding carboxylic acids is 2. The summed E-state index contributed by atoms with van der Waals surface area (Å²) in [7, 11) is 0. The molecule has 0 spiro atoms. The van der Waals surface area contributed by atoms with E-state index in [1.54, 1.807) is 11.8 Å². The highest BCUT2D eigenvalue weighted by molar-refractivity contribution is 5.88. The highest BCUT2D eigenvalue weighted by Gasteiger charge is 2.28. The molecule has 1 atom stereocenters. The van der Waals surface area contributed by atoms with Crippen molar-refractivity contribution in [3.05, 3.63) is 65.2 Å². The largest absolute Gasteiger partial charge is 0.484 e. The minimum Gasteiger partial charge on any atom is -0.484 e. The maximum atomic E-state index is 13.1. The Morgan fingerprint density at radius 1 is 1.03 bits per heavy atom. The molecule has 1 aliphatic carbocycles.